The van der Waals surface area contributed by atoms with Crippen LogP contribution in [0.4, 0.5) is 16.2 Å². The predicted octanol–water partition coefficient (Wildman–Crippen LogP) is 4.76. The molecule has 0 unspecified atom stereocenters. The summed E-state index contributed by atoms with van der Waals surface area (Å²) in [6.07, 6.45) is 1.32. The summed E-state index contributed by atoms with van der Waals surface area (Å²) in [5.41, 5.74) is 3.15. The second-order valence-electron chi connectivity index (χ2n) is 8.47. The Morgan fingerprint density at radius 3 is 2.42 bits per heavy atom. The number of ether oxygens (including phenoxy) is 2. The number of anilines is 2. The van der Waals surface area contributed by atoms with Crippen molar-refractivity contribution >= 4 is 57.1 Å². The molecule has 38 heavy (non-hydrogen) atoms. The molecule has 0 spiro atoms. The minimum absolute atomic E-state index is 0.264. The van der Waals surface area contributed by atoms with Crippen LogP contribution in [0.25, 0.3) is 6.08 Å². The van der Waals surface area contributed by atoms with Crippen molar-refractivity contribution in [3.63, 3.8) is 0 Å². The molecule has 0 saturated carbocycles. The molecule has 5 amide bonds. The first-order chi connectivity index (χ1) is 18.2. The summed E-state index contributed by atoms with van der Waals surface area (Å²) in [4.78, 5) is 51.7. The summed E-state index contributed by atoms with van der Waals surface area (Å²) >= 11 is 3.37. The first-order valence-corrected chi connectivity index (χ1v) is 12.3. The molecule has 4 rings (SSSR count). The quantitative estimate of drug-likeness (QED) is 0.309. The van der Waals surface area contributed by atoms with Gasteiger partial charge in [0.1, 0.15) is 17.1 Å². The lowest BCUT2D eigenvalue weighted by molar-refractivity contribution is -0.122. The number of hydrogen-bond donors (Lipinski definition) is 2. The van der Waals surface area contributed by atoms with E-state index >= 15 is 0 Å². The SMILES string of the molecule is COc1ccc(N2C(=O)NC(=O)/C(=C\c3cc(Br)ccc3OCC(=O)Nc3ccc(C)c(C)c3)C2=O)cc1. The summed E-state index contributed by atoms with van der Waals surface area (Å²) in [6, 6.07) is 15.9. The Hall–Kier alpha value is -4.44. The van der Waals surface area contributed by atoms with Gasteiger partial charge in [0, 0.05) is 15.7 Å². The molecule has 1 aliphatic rings. The molecule has 10 heteroatoms. The van der Waals surface area contributed by atoms with E-state index in [0.29, 0.717) is 21.5 Å². The fraction of sp³-hybridized carbons (Fsp3) is 0.143. The maximum absolute atomic E-state index is 13.3. The Bertz CT molecular complexity index is 1470. The predicted molar refractivity (Wildman–Crippen MR) is 146 cm³/mol. The molecule has 3 aromatic rings. The van der Waals surface area contributed by atoms with Crippen LogP contribution in [0.2, 0.25) is 0 Å². The van der Waals surface area contributed by atoms with Crippen LogP contribution in [0.3, 0.4) is 0 Å². The van der Waals surface area contributed by atoms with Gasteiger partial charge in [-0.05, 0) is 85.6 Å². The summed E-state index contributed by atoms with van der Waals surface area (Å²) in [5, 5.41) is 4.97. The normalized spacial score (nSPS) is 14.4. The van der Waals surface area contributed by atoms with E-state index in [1.807, 2.05) is 26.0 Å². The average Bonchev–Trinajstić information content (AvgIpc) is 2.88. The van der Waals surface area contributed by atoms with Gasteiger partial charge in [0.15, 0.2) is 6.61 Å². The smallest absolute Gasteiger partial charge is 0.335 e. The first-order valence-electron chi connectivity index (χ1n) is 11.5. The number of nitrogens with one attached hydrogen (secondary N) is 2. The average molecular weight is 578 g/mol. The van der Waals surface area contributed by atoms with Crippen molar-refractivity contribution in [3.05, 3.63) is 87.4 Å². The number of methoxy groups -OCH3 is 1. The number of aryl methyl sites for hydroxylation is 2. The van der Waals surface area contributed by atoms with Crippen LogP contribution < -0.4 is 25.0 Å². The number of imide groups is 2. The lowest BCUT2D eigenvalue weighted by Crippen LogP contribution is -2.54. The molecule has 1 heterocycles. The highest BCUT2D eigenvalue weighted by atomic mass is 79.9. The molecule has 0 radical (unpaired) electrons. The number of carbonyl (C=O) groups excluding carboxylic acids is 4. The van der Waals surface area contributed by atoms with Gasteiger partial charge in [-0.1, -0.05) is 22.0 Å². The zero-order chi connectivity index (χ0) is 27.4. The van der Waals surface area contributed by atoms with Crippen molar-refractivity contribution < 1.29 is 28.7 Å². The Morgan fingerprint density at radius 2 is 1.74 bits per heavy atom. The lowest BCUT2D eigenvalue weighted by atomic mass is 10.1. The minimum atomic E-state index is -0.865. The van der Waals surface area contributed by atoms with Crippen LogP contribution in [0.15, 0.2) is 70.7 Å². The number of hydrogen-bond acceptors (Lipinski definition) is 6. The molecular formula is C28H24BrN3O6. The number of nitrogens with zero attached hydrogens (tertiary/aromatic N) is 1. The Labute approximate surface area is 227 Å². The molecule has 0 aromatic heterocycles. The van der Waals surface area contributed by atoms with E-state index in [2.05, 4.69) is 26.6 Å². The van der Waals surface area contributed by atoms with Crippen molar-refractivity contribution in [2.24, 2.45) is 0 Å². The summed E-state index contributed by atoms with van der Waals surface area (Å²) in [5.74, 6) is -1.21. The van der Waals surface area contributed by atoms with Gasteiger partial charge < -0.3 is 14.8 Å². The largest absolute Gasteiger partial charge is 0.497 e. The highest BCUT2D eigenvalue weighted by Crippen LogP contribution is 2.29. The monoisotopic (exact) mass is 577 g/mol. The highest BCUT2D eigenvalue weighted by Gasteiger charge is 2.37. The van der Waals surface area contributed by atoms with Crippen LogP contribution in [-0.4, -0.2) is 37.5 Å². The molecule has 1 saturated heterocycles. The molecule has 0 atom stereocenters. The number of carbonyl (C=O) groups is 4. The van der Waals surface area contributed by atoms with Crippen LogP contribution in [0.5, 0.6) is 11.5 Å². The first kappa shape index (κ1) is 26.6. The third-order valence-corrected chi connectivity index (χ3v) is 6.35. The molecule has 9 nitrogen and oxygen atoms in total. The van der Waals surface area contributed by atoms with Gasteiger partial charge in [0.25, 0.3) is 17.7 Å². The van der Waals surface area contributed by atoms with Crippen molar-refractivity contribution in [2.45, 2.75) is 13.8 Å². The zero-order valence-corrected chi connectivity index (χ0v) is 22.4. The fourth-order valence-electron chi connectivity index (χ4n) is 3.70. The Morgan fingerprint density at radius 1 is 1.00 bits per heavy atom. The van der Waals surface area contributed by atoms with E-state index in [9.17, 15) is 19.2 Å². The minimum Gasteiger partial charge on any atom is -0.497 e. The van der Waals surface area contributed by atoms with Crippen LogP contribution in [0.1, 0.15) is 16.7 Å². The van der Waals surface area contributed by atoms with Gasteiger partial charge in [0.2, 0.25) is 0 Å². The summed E-state index contributed by atoms with van der Waals surface area (Å²) < 4.78 is 11.5. The van der Waals surface area contributed by atoms with Crippen molar-refractivity contribution in [1.82, 2.24) is 5.32 Å². The van der Waals surface area contributed by atoms with E-state index < -0.39 is 17.8 Å². The van der Waals surface area contributed by atoms with E-state index in [1.165, 1.54) is 25.3 Å². The molecule has 1 fully saturated rings. The van der Waals surface area contributed by atoms with E-state index in [0.717, 1.165) is 16.0 Å². The molecule has 0 aliphatic carbocycles. The number of benzene rings is 3. The third-order valence-electron chi connectivity index (χ3n) is 5.85. The number of barbiturate groups is 1. The fourth-order valence-corrected chi connectivity index (χ4v) is 4.08. The molecule has 194 valence electrons. The maximum atomic E-state index is 13.3. The lowest BCUT2D eigenvalue weighted by Gasteiger charge is -2.26. The molecule has 2 N–H and O–H groups in total. The van der Waals surface area contributed by atoms with Crippen LogP contribution in [-0.2, 0) is 14.4 Å². The van der Waals surface area contributed by atoms with Crippen LogP contribution in [0, 0.1) is 13.8 Å². The van der Waals surface area contributed by atoms with Gasteiger partial charge in [-0.25, -0.2) is 9.69 Å². The topological polar surface area (TPSA) is 114 Å². The number of rotatable bonds is 7. The van der Waals surface area contributed by atoms with Crippen molar-refractivity contribution in [3.8, 4) is 11.5 Å². The van der Waals surface area contributed by atoms with E-state index in [-0.39, 0.29) is 29.5 Å². The highest BCUT2D eigenvalue weighted by molar-refractivity contribution is 9.10. The number of urea groups is 1. The van der Waals surface area contributed by atoms with Gasteiger partial charge in [0.05, 0.1) is 12.8 Å². The number of amides is 5. The molecule has 3 aromatic carbocycles. The summed E-state index contributed by atoms with van der Waals surface area (Å²) in [7, 11) is 1.50. The van der Waals surface area contributed by atoms with Crippen molar-refractivity contribution in [1.29, 1.82) is 0 Å². The Kier molecular flexibility index (Phi) is 7.92. The van der Waals surface area contributed by atoms with Crippen molar-refractivity contribution in [2.75, 3.05) is 23.9 Å². The maximum Gasteiger partial charge on any atom is 0.335 e. The standard InChI is InChI=1S/C28H24BrN3O6/c1-16-4-6-20(12-17(16)2)30-25(33)15-38-24-11-5-19(29)13-18(24)14-23-26(34)31-28(36)32(27(23)35)21-7-9-22(37-3)10-8-21/h4-14H,15H2,1-3H3,(H,30,33)(H,31,34,36)/b23-14+. The van der Waals surface area contributed by atoms with Gasteiger partial charge in [-0.3, -0.25) is 19.7 Å². The second kappa shape index (κ2) is 11.3. The molecular weight excluding hydrogens is 554 g/mol. The van der Waals surface area contributed by atoms with Gasteiger partial charge >= 0.3 is 6.03 Å². The zero-order valence-electron chi connectivity index (χ0n) is 20.8. The Balaban J connectivity index is 1.56. The molecule has 0 bridgehead atoms. The van der Waals surface area contributed by atoms with E-state index in [1.54, 1.807) is 36.4 Å². The van der Waals surface area contributed by atoms with Crippen LogP contribution >= 0.6 is 15.9 Å². The third kappa shape index (κ3) is 5.92. The second-order valence-corrected chi connectivity index (χ2v) is 9.39. The number of halogens is 1. The van der Waals surface area contributed by atoms with Gasteiger partial charge in [-0.2, -0.15) is 0 Å². The van der Waals surface area contributed by atoms with Gasteiger partial charge in [-0.15, -0.1) is 0 Å². The molecule has 1 aliphatic heterocycles. The summed E-state index contributed by atoms with van der Waals surface area (Å²) in [6.45, 7) is 3.63. The van der Waals surface area contributed by atoms with E-state index in [4.69, 9.17) is 9.47 Å².